The van der Waals surface area contributed by atoms with Crippen LogP contribution in [0.4, 0.5) is 0 Å². The monoisotopic (exact) mass is 648 g/mol. The molecule has 248 valence electrons. The minimum absolute atomic E-state index is 0.546. The second-order valence-electron chi connectivity index (χ2n) is 14.5. The second kappa shape index (κ2) is 13.1. The molecule has 7 aromatic rings. The van der Waals surface area contributed by atoms with Crippen molar-refractivity contribution in [2.24, 2.45) is 0 Å². The standard InChI is InChI=1S/C50H48/c1-7-33(8-2)37-21-15-22-38(34(9-3)10-4)49(37)43-27-28-44-48-30-46-40(36-20-14-12-18-32(36)6)26-25-39(35-19-13-11-17-31(35)5)45(46)29-47(48)42-24-16-23-41(43)50(42)44/h11-30,33-34H,7-10H2,1-6H3. The summed E-state index contributed by atoms with van der Waals surface area (Å²) in [4.78, 5) is 0. The third kappa shape index (κ3) is 5.03. The van der Waals surface area contributed by atoms with Crippen LogP contribution in [0.15, 0.2) is 121 Å². The van der Waals surface area contributed by atoms with Crippen LogP contribution in [-0.2, 0) is 0 Å². The first-order valence-electron chi connectivity index (χ1n) is 18.9. The van der Waals surface area contributed by atoms with Crippen LogP contribution in [0, 0.1) is 13.8 Å². The highest BCUT2D eigenvalue weighted by Gasteiger charge is 2.28. The quantitative estimate of drug-likeness (QED) is 0.146. The Hall–Kier alpha value is -4.94. The fraction of sp³-hybridized carbons (Fsp3) is 0.240. The lowest BCUT2D eigenvalue weighted by Gasteiger charge is -2.25. The van der Waals surface area contributed by atoms with Gasteiger partial charge >= 0.3 is 0 Å². The van der Waals surface area contributed by atoms with E-state index in [1.54, 1.807) is 0 Å². The third-order valence-corrected chi connectivity index (χ3v) is 11.9. The summed E-state index contributed by atoms with van der Waals surface area (Å²) in [5.41, 5.74) is 19.2. The van der Waals surface area contributed by atoms with Crippen LogP contribution in [0.1, 0.15) is 87.5 Å². The van der Waals surface area contributed by atoms with Crippen LogP contribution in [0.3, 0.4) is 0 Å². The Morgan fingerprint density at radius 1 is 0.360 bits per heavy atom. The van der Waals surface area contributed by atoms with Crippen molar-refractivity contribution in [3.63, 3.8) is 0 Å². The Labute approximate surface area is 298 Å². The molecule has 50 heavy (non-hydrogen) atoms. The maximum atomic E-state index is 2.51. The smallest absolute Gasteiger partial charge is 0.00201 e. The van der Waals surface area contributed by atoms with Crippen LogP contribution in [0.5, 0.6) is 0 Å². The van der Waals surface area contributed by atoms with E-state index in [0.29, 0.717) is 11.8 Å². The van der Waals surface area contributed by atoms with Gasteiger partial charge in [-0.2, -0.15) is 0 Å². The summed E-state index contributed by atoms with van der Waals surface area (Å²) in [6.45, 7) is 13.9. The lowest BCUT2D eigenvalue weighted by molar-refractivity contribution is 0.626. The summed E-state index contributed by atoms with van der Waals surface area (Å²) in [6, 6.07) is 46.5. The maximum Gasteiger partial charge on any atom is -0.00201 e. The van der Waals surface area contributed by atoms with Crippen molar-refractivity contribution in [3.8, 4) is 55.6 Å². The molecule has 0 atom stereocenters. The van der Waals surface area contributed by atoms with E-state index in [1.165, 1.54) is 99.4 Å². The number of fused-ring (bicyclic) bond motifs is 4. The number of aryl methyl sites for hydroxylation is 2. The molecule has 0 amide bonds. The van der Waals surface area contributed by atoms with E-state index in [0.717, 1.165) is 25.7 Å². The summed E-state index contributed by atoms with van der Waals surface area (Å²) in [6.07, 6.45) is 4.62. The Morgan fingerprint density at radius 2 is 0.780 bits per heavy atom. The van der Waals surface area contributed by atoms with Gasteiger partial charge in [0.1, 0.15) is 0 Å². The summed E-state index contributed by atoms with van der Waals surface area (Å²) < 4.78 is 0. The predicted octanol–water partition coefficient (Wildman–Crippen LogP) is 15.1. The molecule has 1 aliphatic carbocycles. The molecule has 0 saturated carbocycles. The molecule has 0 heteroatoms. The van der Waals surface area contributed by atoms with Crippen molar-refractivity contribution >= 4 is 21.5 Å². The molecule has 0 aliphatic heterocycles. The molecule has 0 saturated heterocycles. The third-order valence-electron chi connectivity index (χ3n) is 11.9. The second-order valence-corrected chi connectivity index (χ2v) is 14.5. The van der Waals surface area contributed by atoms with Gasteiger partial charge in [0.25, 0.3) is 0 Å². The van der Waals surface area contributed by atoms with E-state index in [4.69, 9.17) is 0 Å². The first-order valence-corrected chi connectivity index (χ1v) is 18.9. The van der Waals surface area contributed by atoms with Crippen molar-refractivity contribution in [2.75, 3.05) is 0 Å². The number of hydrogen-bond donors (Lipinski definition) is 0. The molecule has 0 fully saturated rings. The van der Waals surface area contributed by atoms with Crippen molar-refractivity contribution in [3.05, 3.63) is 144 Å². The summed E-state index contributed by atoms with van der Waals surface area (Å²) in [7, 11) is 0. The molecule has 8 rings (SSSR count). The topological polar surface area (TPSA) is 0 Å². The van der Waals surface area contributed by atoms with Gasteiger partial charge in [-0.3, -0.25) is 0 Å². The first kappa shape index (κ1) is 32.3. The van der Waals surface area contributed by atoms with E-state index in [1.807, 2.05) is 0 Å². The first-order chi connectivity index (χ1) is 24.5. The van der Waals surface area contributed by atoms with Gasteiger partial charge in [-0.05, 0) is 163 Å². The number of hydrogen-bond acceptors (Lipinski definition) is 0. The fourth-order valence-corrected chi connectivity index (χ4v) is 9.17. The van der Waals surface area contributed by atoms with Gasteiger partial charge in [-0.15, -0.1) is 0 Å². The van der Waals surface area contributed by atoms with Gasteiger partial charge in [-0.25, -0.2) is 0 Å². The molecular weight excluding hydrogens is 601 g/mol. The van der Waals surface area contributed by atoms with Crippen molar-refractivity contribution < 1.29 is 0 Å². The van der Waals surface area contributed by atoms with E-state index >= 15 is 0 Å². The normalized spacial score (nSPS) is 12.1. The van der Waals surface area contributed by atoms with Gasteiger partial charge in [0, 0.05) is 0 Å². The molecule has 0 bridgehead atoms. The molecule has 1 aliphatic rings. The molecule has 0 nitrogen and oxygen atoms in total. The average Bonchev–Trinajstić information content (AvgIpc) is 3.46. The van der Waals surface area contributed by atoms with Gasteiger partial charge in [0.15, 0.2) is 0 Å². The Bertz CT molecular complexity index is 2270. The predicted molar refractivity (Wildman–Crippen MR) is 218 cm³/mol. The van der Waals surface area contributed by atoms with Crippen molar-refractivity contribution in [1.82, 2.24) is 0 Å². The van der Waals surface area contributed by atoms with Crippen LogP contribution in [0.25, 0.3) is 77.2 Å². The largest absolute Gasteiger partial charge is 0.0648 e. The SMILES string of the molecule is CCC(CC)c1cccc(C(CC)CC)c1-c1ccc2c3c(cccc13)-c1cc3c(-c4ccccc4C)ccc(-c4ccccc4C)c3cc1-2. The number of rotatable bonds is 9. The zero-order chi connectivity index (χ0) is 34.5. The molecule has 0 heterocycles. The lowest BCUT2D eigenvalue weighted by Crippen LogP contribution is -2.05. The maximum absolute atomic E-state index is 2.51. The number of benzene rings is 7. The van der Waals surface area contributed by atoms with Crippen LogP contribution in [-0.4, -0.2) is 0 Å². The minimum atomic E-state index is 0.546. The van der Waals surface area contributed by atoms with Gasteiger partial charge in [-0.1, -0.05) is 137 Å². The molecule has 0 unspecified atom stereocenters. The van der Waals surface area contributed by atoms with Crippen molar-refractivity contribution in [1.29, 1.82) is 0 Å². The summed E-state index contributed by atoms with van der Waals surface area (Å²) in [5, 5.41) is 5.42. The minimum Gasteiger partial charge on any atom is -0.0648 e. The molecule has 0 spiro atoms. The molecule has 0 radical (unpaired) electrons. The fourth-order valence-electron chi connectivity index (χ4n) is 9.17. The molecular formula is C50H48. The molecule has 0 aromatic heterocycles. The average molecular weight is 649 g/mol. The Balaban J connectivity index is 1.43. The van der Waals surface area contributed by atoms with Crippen LogP contribution in [0.2, 0.25) is 0 Å². The Morgan fingerprint density at radius 3 is 1.28 bits per heavy atom. The Kier molecular flexibility index (Phi) is 8.44. The highest BCUT2D eigenvalue weighted by molar-refractivity contribution is 6.22. The van der Waals surface area contributed by atoms with E-state index in [-0.39, 0.29) is 0 Å². The zero-order valence-electron chi connectivity index (χ0n) is 30.5. The zero-order valence-corrected chi connectivity index (χ0v) is 30.5. The van der Waals surface area contributed by atoms with Gasteiger partial charge < -0.3 is 0 Å². The highest BCUT2D eigenvalue weighted by atomic mass is 14.3. The van der Waals surface area contributed by atoms with E-state index in [2.05, 4.69) is 163 Å². The lowest BCUT2D eigenvalue weighted by atomic mass is 9.79. The highest BCUT2D eigenvalue weighted by Crippen LogP contribution is 2.53. The summed E-state index contributed by atoms with van der Waals surface area (Å²) >= 11 is 0. The van der Waals surface area contributed by atoms with E-state index in [9.17, 15) is 0 Å². The van der Waals surface area contributed by atoms with Crippen LogP contribution >= 0.6 is 0 Å². The molecule has 7 aromatic carbocycles. The van der Waals surface area contributed by atoms with Gasteiger partial charge in [0.2, 0.25) is 0 Å². The van der Waals surface area contributed by atoms with E-state index < -0.39 is 0 Å². The van der Waals surface area contributed by atoms with Crippen molar-refractivity contribution in [2.45, 2.75) is 79.1 Å². The summed E-state index contributed by atoms with van der Waals surface area (Å²) in [5.74, 6) is 1.09. The molecule has 0 N–H and O–H groups in total. The van der Waals surface area contributed by atoms with Crippen LogP contribution < -0.4 is 0 Å². The van der Waals surface area contributed by atoms with Gasteiger partial charge in [0.05, 0.1) is 0 Å².